The Morgan fingerprint density at radius 2 is 1.20 bits per heavy atom. The minimum absolute atomic E-state index is 0.606. The van der Waals surface area contributed by atoms with Crippen LogP contribution in [0.5, 0.6) is 0 Å². The Kier molecular flexibility index (Phi) is 9.25. The van der Waals surface area contributed by atoms with Crippen molar-refractivity contribution < 1.29 is 17.5 Å². The summed E-state index contributed by atoms with van der Waals surface area (Å²) in [5.74, 6) is 0. The van der Waals surface area contributed by atoms with Crippen LogP contribution in [0.2, 0.25) is 10.0 Å². The molecule has 0 saturated heterocycles. The molecule has 0 aliphatic heterocycles. The average Bonchev–Trinajstić information content (AvgIpc) is 2.11. The van der Waals surface area contributed by atoms with Crippen LogP contribution >= 0.6 is 23.2 Å². The SMILES string of the molecule is Clc1ccccc1Cl.N#N.O=S(=O)(O)O. The van der Waals surface area contributed by atoms with Crippen molar-refractivity contribution in [3.05, 3.63) is 34.3 Å². The molecule has 0 fully saturated rings. The summed E-state index contributed by atoms with van der Waals surface area (Å²) in [5, 5.41) is 13.2. The minimum Gasteiger partial charge on any atom is -0.264 e. The highest BCUT2D eigenvalue weighted by molar-refractivity contribution is 7.79. The monoisotopic (exact) mass is 272 g/mol. The largest absolute Gasteiger partial charge is 0.394 e. The van der Waals surface area contributed by atoms with Gasteiger partial charge >= 0.3 is 10.4 Å². The van der Waals surface area contributed by atoms with E-state index < -0.39 is 10.4 Å². The second-order valence-electron chi connectivity index (χ2n) is 1.86. The van der Waals surface area contributed by atoms with Crippen molar-refractivity contribution in [1.82, 2.24) is 0 Å². The highest BCUT2D eigenvalue weighted by Gasteiger charge is 1.89. The lowest BCUT2D eigenvalue weighted by Crippen LogP contribution is -1.89. The fourth-order valence-corrected chi connectivity index (χ4v) is 0.711. The predicted octanol–water partition coefficient (Wildman–Crippen LogP) is 2.37. The number of halogens is 2. The number of benzene rings is 1. The van der Waals surface area contributed by atoms with Crippen LogP contribution in [0.3, 0.4) is 0 Å². The van der Waals surface area contributed by atoms with Crippen LogP contribution in [0.1, 0.15) is 0 Å². The molecule has 1 aromatic rings. The van der Waals surface area contributed by atoms with Crippen LogP contribution in [0.25, 0.3) is 0 Å². The van der Waals surface area contributed by atoms with Crippen molar-refractivity contribution in [2.75, 3.05) is 0 Å². The fraction of sp³-hybridized carbons (Fsp3) is 0. The summed E-state index contributed by atoms with van der Waals surface area (Å²) in [5.41, 5.74) is 0. The smallest absolute Gasteiger partial charge is 0.264 e. The molecule has 1 rings (SSSR count). The molecule has 0 heterocycles. The van der Waals surface area contributed by atoms with Gasteiger partial charge in [-0.2, -0.15) is 8.42 Å². The van der Waals surface area contributed by atoms with E-state index in [9.17, 15) is 0 Å². The summed E-state index contributed by atoms with van der Waals surface area (Å²) < 4.78 is 31.6. The summed E-state index contributed by atoms with van der Waals surface area (Å²) in [6, 6.07) is 7.19. The molecule has 2 N–H and O–H groups in total. The highest BCUT2D eigenvalue weighted by atomic mass is 35.5. The second-order valence-corrected chi connectivity index (χ2v) is 3.57. The molecule has 84 valence electrons. The van der Waals surface area contributed by atoms with E-state index in [2.05, 4.69) is 0 Å². The van der Waals surface area contributed by atoms with Crippen molar-refractivity contribution in [3.8, 4) is 0 Å². The van der Waals surface area contributed by atoms with Crippen molar-refractivity contribution in [1.29, 1.82) is 10.8 Å². The van der Waals surface area contributed by atoms with Gasteiger partial charge in [0.05, 0.1) is 10.0 Å². The van der Waals surface area contributed by atoms with Gasteiger partial charge in [-0.3, -0.25) is 9.11 Å². The molecule has 0 unspecified atom stereocenters. The van der Waals surface area contributed by atoms with Gasteiger partial charge in [-0.1, -0.05) is 35.3 Å². The van der Waals surface area contributed by atoms with Gasteiger partial charge in [0.1, 0.15) is 0 Å². The van der Waals surface area contributed by atoms with Gasteiger partial charge in [-0.05, 0) is 12.1 Å². The van der Waals surface area contributed by atoms with Crippen LogP contribution < -0.4 is 0 Å². The van der Waals surface area contributed by atoms with Crippen LogP contribution in [0.15, 0.2) is 24.3 Å². The Morgan fingerprint density at radius 3 is 1.33 bits per heavy atom. The van der Waals surface area contributed by atoms with Gasteiger partial charge in [0.15, 0.2) is 0 Å². The summed E-state index contributed by atoms with van der Waals surface area (Å²) in [7, 11) is -4.67. The lowest BCUT2D eigenvalue weighted by atomic mass is 10.4. The summed E-state index contributed by atoms with van der Waals surface area (Å²) in [6.07, 6.45) is 0. The van der Waals surface area contributed by atoms with Gasteiger partial charge in [-0.15, -0.1) is 0 Å². The van der Waals surface area contributed by atoms with Gasteiger partial charge < -0.3 is 0 Å². The maximum Gasteiger partial charge on any atom is 0.394 e. The van der Waals surface area contributed by atoms with Gasteiger partial charge in [-0.25, -0.2) is 0 Å². The molecule has 0 aliphatic carbocycles. The normalized spacial score (nSPS) is 8.93. The maximum atomic E-state index is 8.74. The molecule has 1 aromatic carbocycles. The predicted molar refractivity (Wildman–Crippen MR) is 54.1 cm³/mol. The average molecular weight is 273 g/mol. The molecule has 0 bridgehead atoms. The van der Waals surface area contributed by atoms with Crippen LogP contribution in [0.4, 0.5) is 0 Å². The molecule has 0 amide bonds. The van der Waals surface area contributed by atoms with E-state index in [0.29, 0.717) is 10.0 Å². The van der Waals surface area contributed by atoms with E-state index in [-0.39, 0.29) is 0 Å². The lowest BCUT2D eigenvalue weighted by Gasteiger charge is -1.88. The van der Waals surface area contributed by atoms with E-state index >= 15 is 0 Å². The zero-order valence-corrected chi connectivity index (χ0v) is 9.41. The first-order chi connectivity index (χ1) is 6.80. The third kappa shape index (κ3) is 15.8. The van der Waals surface area contributed by atoms with Gasteiger partial charge in [0.25, 0.3) is 0 Å². The van der Waals surface area contributed by atoms with E-state index in [0.717, 1.165) is 0 Å². The molecular weight excluding hydrogens is 267 g/mol. The standard InChI is InChI=1S/C6H4Cl2.N2.H2O4S/c7-5-3-1-2-4-6(5)8;1-2;1-5(2,3)4/h1-4H;;(H2,1,2,3,4). The molecule has 0 aliphatic rings. The summed E-state index contributed by atoms with van der Waals surface area (Å²) >= 11 is 11.2. The first kappa shape index (κ1) is 16.5. The first-order valence-electron chi connectivity index (χ1n) is 3.10. The number of hydrogen-bond donors (Lipinski definition) is 2. The lowest BCUT2D eigenvalue weighted by molar-refractivity contribution is 0.381. The number of nitrogens with zero attached hydrogens (tertiary/aromatic N) is 2. The van der Waals surface area contributed by atoms with E-state index in [4.69, 9.17) is 51.5 Å². The van der Waals surface area contributed by atoms with Gasteiger partial charge in [0.2, 0.25) is 0 Å². The minimum atomic E-state index is -4.67. The molecule has 0 spiro atoms. The molecule has 9 heteroatoms. The Balaban J connectivity index is 0. The van der Waals surface area contributed by atoms with E-state index in [1.54, 1.807) is 12.1 Å². The highest BCUT2D eigenvalue weighted by Crippen LogP contribution is 2.19. The van der Waals surface area contributed by atoms with Crippen molar-refractivity contribution in [2.45, 2.75) is 0 Å². The quantitative estimate of drug-likeness (QED) is 0.552. The number of rotatable bonds is 0. The molecule has 0 atom stereocenters. The van der Waals surface area contributed by atoms with Crippen LogP contribution in [0, 0.1) is 10.8 Å². The molecule has 15 heavy (non-hydrogen) atoms. The Hall–Kier alpha value is -0.910. The maximum absolute atomic E-state index is 8.74. The fourth-order valence-electron chi connectivity index (χ4n) is 0.439. The Bertz CT molecular complexity index is 378. The molecule has 0 aromatic heterocycles. The van der Waals surface area contributed by atoms with Crippen LogP contribution in [-0.2, 0) is 10.4 Å². The number of hydrogen-bond acceptors (Lipinski definition) is 4. The molecule has 6 nitrogen and oxygen atoms in total. The Labute approximate surface area is 96.4 Å². The van der Waals surface area contributed by atoms with E-state index in [1.165, 1.54) is 0 Å². The topological polar surface area (TPSA) is 122 Å². The molecule has 0 saturated carbocycles. The van der Waals surface area contributed by atoms with Crippen molar-refractivity contribution >= 4 is 33.6 Å². The van der Waals surface area contributed by atoms with Crippen molar-refractivity contribution in [3.63, 3.8) is 0 Å². The first-order valence-corrected chi connectivity index (χ1v) is 5.26. The van der Waals surface area contributed by atoms with Gasteiger partial charge in [0, 0.05) is 10.8 Å². The zero-order chi connectivity index (χ0) is 12.5. The zero-order valence-electron chi connectivity index (χ0n) is 7.08. The Morgan fingerprint density at radius 1 is 1.00 bits per heavy atom. The second kappa shape index (κ2) is 8.40. The third-order valence-corrected chi connectivity index (χ3v) is 1.58. The molecule has 0 radical (unpaired) electrons. The van der Waals surface area contributed by atoms with Crippen molar-refractivity contribution in [2.24, 2.45) is 0 Å². The summed E-state index contributed by atoms with van der Waals surface area (Å²) in [4.78, 5) is 0. The van der Waals surface area contributed by atoms with Crippen LogP contribution in [-0.4, -0.2) is 17.5 Å². The van der Waals surface area contributed by atoms with E-state index in [1.807, 2.05) is 12.1 Å². The third-order valence-electron chi connectivity index (χ3n) is 0.824. The molecular formula is C6H6Cl2N2O4S. The summed E-state index contributed by atoms with van der Waals surface area (Å²) in [6.45, 7) is 0.